The van der Waals surface area contributed by atoms with Gasteiger partial charge in [-0.1, -0.05) is 6.08 Å². The van der Waals surface area contributed by atoms with Crippen molar-refractivity contribution in [1.29, 1.82) is 10.8 Å². The van der Waals surface area contributed by atoms with E-state index in [0.717, 1.165) is 44.0 Å². The van der Waals surface area contributed by atoms with Crippen molar-refractivity contribution in [2.75, 3.05) is 45.8 Å². The minimum atomic E-state index is -0.297. The van der Waals surface area contributed by atoms with E-state index in [1.165, 1.54) is 0 Å². The summed E-state index contributed by atoms with van der Waals surface area (Å²) in [5.41, 5.74) is 8.01. The molecule has 5 N–H and O–H groups in total. The van der Waals surface area contributed by atoms with Gasteiger partial charge in [-0.05, 0) is 53.0 Å². The van der Waals surface area contributed by atoms with Crippen LogP contribution in [0.5, 0.6) is 0 Å². The molecule has 0 aromatic rings. The predicted octanol–water partition coefficient (Wildman–Crippen LogP) is 2.07. The molecule has 0 aromatic heterocycles. The van der Waals surface area contributed by atoms with Gasteiger partial charge in [0.15, 0.2) is 0 Å². The first-order chi connectivity index (χ1) is 16.1. The topological polar surface area (TPSA) is 131 Å². The maximum atomic E-state index is 12.1. The normalized spacial score (nSPS) is 21.1. The standard InChI is InChI=1S/C25H45N7O2/c1-6-29-24(32-11-9-31(10-12-32)16-25(33)30-17(2)3)14-23(28)21(15-26)20-13-19(34-18(4)5)7-8-22(20)27/h13,17-19,21,27-28H,6-12,14-16,26H2,1-5H3,(H,30,33). The van der Waals surface area contributed by atoms with Crippen LogP contribution in [0.3, 0.4) is 0 Å². The van der Waals surface area contributed by atoms with Crippen LogP contribution in [0.25, 0.3) is 0 Å². The summed E-state index contributed by atoms with van der Waals surface area (Å²) in [6, 6.07) is 0.145. The lowest BCUT2D eigenvalue weighted by Gasteiger charge is -2.37. The molecular formula is C25H45N7O2. The molecule has 0 aromatic carbocycles. The van der Waals surface area contributed by atoms with Crippen LogP contribution >= 0.6 is 0 Å². The molecule has 1 aliphatic carbocycles. The highest BCUT2D eigenvalue weighted by Gasteiger charge is 2.29. The van der Waals surface area contributed by atoms with Crippen LogP contribution in [0.4, 0.5) is 0 Å². The second-order valence-electron chi connectivity index (χ2n) is 9.73. The number of piperazine rings is 1. The third kappa shape index (κ3) is 8.60. The van der Waals surface area contributed by atoms with Crippen LogP contribution in [-0.2, 0) is 9.53 Å². The quantitative estimate of drug-likeness (QED) is 0.268. The molecule has 2 unspecified atom stereocenters. The van der Waals surface area contributed by atoms with Crippen molar-refractivity contribution < 1.29 is 9.53 Å². The first-order valence-electron chi connectivity index (χ1n) is 12.7. The van der Waals surface area contributed by atoms with Crippen molar-refractivity contribution in [1.82, 2.24) is 15.1 Å². The van der Waals surface area contributed by atoms with Crippen LogP contribution in [0.2, 0.25) is 0 Å². The van der Waals surface area contributed by atoms with Gasteiger partial charge in [-0.3, -0.25) is 14.7 Å². The minimum absolute atomic E-state index is 0.0318. The van der Waals surface area contributed by atoms with Gasteiger partial charge in [-0.2, -0.15) is 0 Å². The average molecular weight is 476 g/mol. The highest BCUT2D eigenvalue weighted by atomic mass is 16.5. The molecule has 0 bridgehead atoms. The zero-order valence-electron chi connectivity index (χ0n) is 21.7. The molecule has 9 nitrogen and oxygen atoms in total. The van der Waals surface area contributed by atoms with E-state index in [9.17, 15) is 4.79 Å². The number of carbonyl (C=O) groups is 1. The fourth-order valence-electron chi connectivity index (χ4n) is 4.53. The van der Waals surface area contributed by atoms with Crippen molar-refractivity contribution in [2.24, 2.45) is 16.6 Å². The predicted molar refractivity (Wildman–Crippen MR) is 139 cm³/mol. The molecule has 0 radical (unpaired) electrons. The molecule has 9 heteroatoms. The van der Waals surface area contributed by atoms with Crippen molar-refractivity contribution in [3.8, 4) is 0 Å². The molecule has 1 fully saturated rings. The molecule has 192 valence electrons. The van der Waals surface area contributed by atoms with Gasteiger partial charge >= 0.3 is 0 Å². The number of hydrogen-bond acceptors (Lipinski definition) is 7. The Balaban J connectivity index is 2.02. The van der Waals surface area contributed by atoms with Gasteiger partial charge in [0.2, 0.25) is 5.91 Å². The van der Waals surface area contributed by atoms with Crippen LogP contribution in [0.15, 0.2) is 16.6 Å². The molecule has 1 saturated heterocycles. The third-order valence-electron chi connectivity index (χ3n) is 6.11. The van der Waals surface area contributed by atoms with Crippen molar-refractivity contribution in [3.05, 3.63) is 11.6 Å². The zero-order valence-corrected chi connectivity index (χ0v) is 21.7. The molecule has 34 heavy (non-hydrogen) atoms. The van der Waals surface area contributed by atoms with E-state index in [1.54, 1.807) is 0 Å². The summed E-state index contributed by atoms with van der Waals surface area (Å²) in [6.07, 6.45) is 3.96. The third-order valence-corrected chi connectivity index (χ3v) is 6.11. The number of amidine groups is 1. The Morgan fingerprint density at radius 2 is 1.94 bits per heavy atom. The second kappa shape index (κ2) is 13.7. The Hall–Kier alpha value is -2.10. The Morgan fingerprint density at radius 3 is 2.50 bits per heavy atom. The number of nitrogens with one attached hydrogen (secondary N) is 3. The van der Waals surface area contributed by atoms with E-state index in [2.05, 4.69) is 15.1 Å². The van der Waals surface area contributed by atoms with E-state index in [-0.39, 0.29) is 30.1 Å². The van der Waals surface area contributed by atoms with Crippen LogP contribution < -0.4 is 11.1 Å². The lowest BCUT2D eigenvalue weighted by molar-refractivity contribution is -0.123. The minimum Gasteiger partial charge on any atom is -0.371 e. The first kappa shape index (κ1) is 28.1. The number of carbonyl (C=O) groups excluding carboxylic acids is 1. The molecule has 2 aliphatic rings. The molecule has 1 aliphatic heterocycles. The van der Waals surface area contributed by atoms with Crippen LogP contribution in [0, 0.1) is 16.7 Å². The van der Waals surface area contributed by atoms with E-state index < -0.39 is 0 Å². The number of amides is 1. The highest BCUT2D eigenvalue weighted by molar-refractivity contribution is 6.10. The number of aliphatic imine (C=N–C) groups is 1. The van der Waals surface area contributed by atoms with Crippen LogP contribution in [0.1, 0.15) is 53.9 Å². The second-order valence-corrected chi connectivity index (χ2v) is 9.73. The Bertz CT molecular complexity index is 767. The maximum Gasteiger partial charge on any atom is 0.234 e. The van der Waals surface area contributed by atoms with Gasteiger partial charge in [0, 0.05) is 69.1 Å². The molecule has 1 heterocycles. The fraction of sp³-hybridized carbons (Fsp3) is 0.760. The van der Waals surface area contributed by atoms with Crippen molar-refractivity contribution in [2.45, 2.75) is 72.1 Å². The summed E-state index contributed by atoms with van der Waals surface area (Å²) in [7, 11) is 0. The summed E-state index contributed by atoms with van der Waals surface area (Å²) in [5, 5.41) is 20.3. The molecular weight excluding hydrogens is 430 g/mol. The number of hydrogen-bond donors (Lipinski definition) is 4. The van der Waals surface area contributed by atoms with E-state index in [1.807, 2.05) is 40.7 Å². The number of ether oxygens (including phenoxy) is 1. The molecule has 2 rings (SSSR count). The van der Waals surface area contributed by atoms with Gasteiger partial charge < -0.3 is 31.5 Å². The summed E-state index contributed by atoms with van der Waals surface area (Å²) < 4.78 is 5.97. The van der Waals surface area contributed by atoms with Crippen molar-refractivity contribution >= 4 is 23.2 Å². The smallest absolute Gasteiger partial charge is 0.234 e. The SMILES string of the molecule is CCN=C(CC(=N)C(CN)C1=CC(OC(C)C)CCC1=N)N1CCN(CC(=O)NC(C)C)CC1. The van der Waals surface area contributed by atoms with E-state index in [4.69, 9.17) is 26.3 Å². The van der Waals surface area contributed by atoms with Gasteiger partial charge in [0.25, 0.3) is 0 Å². The first-order valence-corrected chi connectivity index (χ1v) is 12.7. The van der Waals surface area contributed by atoms with Crippen LogP contribution in [-0.4, -0.2) is 97.0 Å². The van der Waals surface area contributed by atoms with Crippen molar-refractivity contribution in [3.63, 3.8) is 0 Å². The Kier molecular flexibility index (Phi) is 11.3. The molecule has 1 amide bonds. The highest BCUT2D eigenvalue weighted by Crippen LogP contribution is 2.26. The van der Waals surface area contributed by atoms with Gasteiger partial charge in [0.1, 0.15) is 5.84 Å². The monoisotopic (exact) mass is 475 g/mol. The number of nitrogens with zero attached hydrogens (tertiary/aromatic N) is 3. The largest absolute Gasteiger partial charge is 0.371 e. The molecule has 0 spiro atoms. The van der Waals surface area contributed by atoms with Gasteiger partial charge in [-0.25, -0.2) is 0 Å². The Morgan fingerprint density at radius 1 is 1.26 bits per heavy atom. The van der Waals surface area contributed by atoms with E-state index >= 15 is 0 Å². The summed E-state index contributed by atoms with van der Waals surface area (Å²) in [4.78, 5) is 21.2. The van der Waals surface area contributed by atoms with Gasteiger partial charge in [-0.15, -0.1) is 0 Å². The molecule has 0 saturated carbocycles. The summed E-state index contributed by atoms with van der Waals surface area (Å²) in [6.45, 7) is 14.4. The maximum absolute atomic E-state index is 12.1. The average Bonchev–Trinajstić information content (AvgIpc) is 2.75. The number of rotatable bonds is 11. The number of nitrogens with two attached hydrogens (primary N) is 1. The fourth-order valence-corrected chi connectivity index (χ4v) is 4.53. The molecule has 2 atom stereocenters. The summed E-state index contributed by atoms with van der Waals surface area (Å²) in [5.74, 6) is 0.658. The Labute approximate surface area is 205 Å². The lowest BCUT2D eigenvalue weighted by Crippen LogP contribution is -2.52. The lowest BCUT2D eigenvalue weighted by atomic mass is 9.82. The zero-order chi connectivity index (χ0) is 25.3. The van der Waals surface area contributed by atoms with Gasteiger partial charge in [0.05, 0.1) is 18.8 Å². The summed E-state index contributed by atoms with van der Waals surface area (Å²) >= 11 is 0. The van der Waals surface area contributed by atoms with E-state index in [0.29, 0.717) is 43.9 Å².